The summed E-state index contributed by atoms with van der Waals surface area (Å²) in [7, 11) is 0. The van der Waals surface area contributed by atoms with Crippen LogP contribution in [0, 0.1) is 0 Å². The van der Waals surface area contributed by atoms with Gasteiger partial charge in [-0.05, 0) is 40.0 Å². The van der Waals surface area contributed by atoms with Gasteiger partial charge in [-0.3, -0.25) is 0 Å². The van der Waals surface area contributed by atoms with Crippen molar-refractivity contribution < 1.29 is 14.3 Å². The Kier molecular flexibility index (Phi) is 3.82. The number of rotatable bonds is 1. The average molecular weight is 256 g/mol. The number of amides is 1. The van der Waals surface area contributed by atoms with Gasteiger partial charge < -0.3 is 20.1 Å². The van der Waals surface area contributed by atoms with E-state index in [0.717, 1.165) is 39.0 Å². The Morgan fingerprint density at radius 2 is 2.06 bits per heavy atom. The first-order chi connectivity index (χ1) is 8.39. The molecule has 0 saturated carbocycles. The summed E-state index contributed by atoms with van der Waals surface area (Å²) >= 11 is 0. The van der Waals surface area contributed by atoms with Crippen LogP contribution in [-0.2, 0) is 9.47 Å². The molecule has 1 amide bonds. The summed E-state index contributed by atoms with van der Waals surface area (Å²) in [5, 5.41) is 6.48. The van der Waals surface area contributed by atoms with E-state index in [2.05, 4.69) is 10.6 Å². The van der Waals surface area contributed by atoms with Crippen molar-refractivity contribution in [3.8, 4) is 0 Å². The van der Waals surface area contributed by atoms with E-state index in [-0.39, 0.29) is 17.7 Å². The fourth-order valence-corrected chi connectivity index (χ4v) is 2.68. The monoisotopic (exact) mass is 256 g/mol. The predicted molar refractivity (Wildman–Crippen MR) is 68.6 cm³/mol. The number of carbonyl (C=O) groups is 1. The van der Waals surface area contributed by atoms with E-state index in [4.69, 9.17) is 9.47 Å². The van der Waals surface area contributed by atoms with Crippen molar-refractivity contribution in [3.05, 3.63) is 0 Å². The van der Waals surface area contributed by atoms with E-state index in [0.29, 0.717) is 0 Å². The summed E-state index contributed by atoms with van der Waals surface area (Å²) in [6.45, 7) is 8.07. The zero-order valence-corrected chi connectivity index (χ0v) is 11.5. The molecule has 2 heterocycles. The SMILES string of the molecule is CC(C)(C)OC(=O)NC1CNC2(CCOCC2)C1. The Bertz CT molecular complexity index is 306. The second-order valence-electron chi connectivity index (χ2n) is 6.32. The van der Waals surface area contributed by atoms with E-state index >= 15 is 0 Å². The molecule has 0 bridgehead atoms. The summed E-state index contributed by atoms with van der Waals surface area (Å²) in [6.07, 6.45) is 2.70. The van der Waals surface area contributed by atoms with Crippen LogP contribution in [0.3, 0.4) is 0 Å². The molecule has 1 unspecified atom stereocenters. The second kappa shape index (κ2) is 5.05. The highest BCUT2D eigenvalue weighted by molar-refractivity contribution is 5.68. The number of nitrogens with one attached hydrogen (secondary N) is 2. The fraction of sp³-hybridized carbons (Fsp3) is 0.923. The van der Waals surface area contributed by atoms with Crippen LogP contribution in [0.5, 0.6) is 0 Å². The number of ether oxygens (including phenoxy) is 2. The maximum Gasteiger partial charge on any atom is 0.407 e. The molecule has 2 N–H and O–H groups in total. The van der Waals surface area contributed by atoms with Crippen molar-refractivity contribution in [3.63, 3.8) is 0 Å². The van der Waals surface area contributed by atoms with Gasteiger partial charge in [0.1, 0.15) is 5.60 Å². The smallest absolute Gasteiger partial charge is 0.407 e. The second-order valence-corrected chi connectivity index (χ2v) is 6.32. The van der Waals surface area contributed by atoms with Crippen LogP contribution in [0.25, 0.3) is 0 Å². The first-order valence-electron chi connectivity index (χ1n) is 6.71. The summed E-state index contributed by atoms with van der Waals surface area (Å²) < 4.78 is 10.7. The van der Waals surface area contributed by atoms with Crippen LogP contribution < -0.4 is 10.6 Å². The van der Waals surface area contributed by atoms with E-state index < -0.39 is 5.60 Å². The van der Waals surface area contributed by atoms with Gasteiger partial charge in [0.05, 0.1) is 0 Å². The van der Waals surface area contributed by atoms with E-state index in [1.54, 1.807) is 0 Å². The van der Waals surface area contributed by atoms with Crippen LogP contribution in [0.4, 0.5) is 4.79 Å². The number of alkyl carbamates (subject to hydrolysis) is 1. The van der Waals surface area contributed by atoms with Crippen molar-refractivity contribution in [2.24, 2.45) is 0 Å². The molecule has 2 aliphatic heterocycles. The third-order valence-electron chi connectivity index (χ3n) is 3.53. The third kappa shape index (κ3) is 3.59. The van der Waals surface area contributed by atoms with Crippen molar-refractivity contribution in [1.82, 2.24) is 10.6 Å². The Morgan fingerprint density at radius 3 is 2.67 bits per heavy atom. The molecule has 0 aliphatic carbocycles. The molecule has 18 heavy (non-hydrogen) atoms. The molecule has 1 atom stereocenters. The standard InChI is InChI=1S/C13H24N2O3/c1-12(2,3)18-11(16)15-10-8-13(14-9-10)4-6-17-7-5-13/h10,14H,4-9H2,1-3H3,(H,15,16). The zero-order chi connectivity index (χ0) is 13.2. The van der Waals surface area contributed by atoms with Gasteiger partial charge in [-0.2, -0.15) is 0 Å². The Morgan fingerprint density at radius 1 is 1.39 bits per heavy atom. The van der Waals surface area contributed by atoms with Crippen LogP contribution in [0.2, 0.25) is 0 Å². The molecule has 5 nitrogen and oxygen atoms in total. The molecular formula is C13H24N2O3. The van der Waals surface area contributed by atoms with Gasteiger partial charge >= 0.3 is 6.09 Å². The molecular weight excluding hydrogens is 232 g/mol. The molecule has 2 saturated heterocycles. The molecule has 0 aromatic heterocycles. The highest BCUT2D eigenvalue weighted by Crippen LogP contribution is 2.30. The average Bonchev–Trinajstić information content (AvgIpc) is 2.59. The maximum absolute atomic E-state index is 11.7. The maximum atomic E-state index is 11.7. The van der Waals surface area contributed by atoms with Crippen molar-refractivity contribution >= 4 is 6.09 Å². The summed E-state index contributed by atoms with van der Waals surface area (Å²) in [6, 6.07) is 0.165. The first-order valence-corrected chi connectivity index (χ1v) is 6.71. The van der Waals surface area contributed by atoms with Crippen molar-refractivity contribution in [1.29, 1.82) is 0 Å². The number of carbonyl (C=O) groups excluding carboxylic acids is 1. The topological polar surface area (TPSA) is 59.6 Å². The van der Waals surface area contributed by atoms with Gasteiger partial charge in [0.2, 0.25) is 0 Å². The van der Waals surface area contributed by atoms with E-state index in [1.165, 1.54) is 0 Å². The van der Waals surface area contributed by atoms with E-state index in [1.807, 2.05) is 20.8 Å². The molecule has 104 valence electrons. The van der Waals surface area contributed by atoms with Crippen LogP contribution >= 0.6 is 0 Å². The highest BCUT2D eigenvalue weighted by Gasteiger charge is 2.40. The van der Waals surface area contributed by atoms with Gasteiger partial charge in [-0.15, -0.1) is 0 Å². The Balaban J connectivity index is 1.80. The molecule has 2 fully saturated rings. The van der Waals surface area contributed by atoms with E-state index in [9.17, 15) is 4.79 Å². The molecule has 2 aliphatic rings. The normalized spacial score (nSPS) is 27.2. The molecule has 0 aromatic carbocycles. The lowest BCUT2D eigenvalue weighted by Crippen LogP contribution is -2.44. The number of hydrogen-bond acceptors (Lipinski definition) is 4. The molecule has 5 heteroatoms. The van der Waals surface area contributed by atoms with Crippen LogP contribution in [-0.4, -0.2) is 43.0 Å². The highest BCUT2D eigenvalue weighted by atomic mass is 16.6. The Hall–Kier alpha value is -0.810. The minimum Gasteiger partial charge on any atom is -0.444 e. The van der Waals surface area contributed by atoms with Crippen LogP contribution in [0.15, 0.2) is 0 Å². The quantitative estimate of drug-likeness (QED) is 0.745. The van der Waals surface area contributed by atoms with Gasteiger partial charge in [-0.1, -0.05) is 0 Å². The van der Waals surface area contributed by atoms with Crippen LogP contribution in [0.1, 0.15) is 40.0 Å². The van der Waals surface area contributed by atoms with Crippen molar-refractivity contribution in [2.45, 2.75) is 57.2 Å². The summed E-state index contributed by atoms with van der Waals surface area (Å²) in [4.78, 5) is 11.7. The lowest BCUT2D eigenvalue weighted by molar-refractivity contribution is 0.0428. The minimum atomic E-state index is -0.438. The van der Waals surface area contributed by atoms with Gasteiger partial charge in [0.15, 0.2) is 0 Å². The lowest BCUT2D eigenvalue weighted by atomic mass is 9.88. The minimum absolute atomic E-state index is 0.165. The van der Waals surface area contributed by atoms with Gasteiger partial charge in [0, 0.05) is 31.3 Å². The van der Waals surface area contributed by atoms with Crippen molar-refractivity contribution in [2.75, 3.05) is 19.8 Å². The molecule has 0 radical (unpaired) electrons. The molecule has 1 spiro atoms. The number of hydrogen-bond donors (Lipinski definition) is 2. The van der Waals surface area contributed by atoms with Gasteiger partial charge in [-0.25, -0.2) is 4.79 Å². The lowest BCUT2D eigenvalue weighted by Gasteiger charge is -2.33. The largest absolute Gasteiger partial charge is 0.444 e. The Labute approximate surface area is 109 Å². The predicted octanol–water partition coefficient (Wildman–Crippen LogP) is 1.42. The summed E-state index contributed by atoms with van der Waals surface area (Å²) in [5.41, 5.74) is -0.273. The molecule has 0 aromatic rings. The zero-order valence-electron chi connectivity index (χ0n) is 11.5. The fourth-order valence-electron chi connectivity index (χ4n) is 2.68. The van der Waals surface area contributed by atoms with Gasteiger partial charge in [0.25, 0.3) is 0 Å². The first kappa shape index (κ1) is 13.6. The third-order valence-corrected chi connectivity index (χ3v) is 3.53. The summed E-state index contributed by atoms with van der Waals surface area (Å²) in [5.74, 6) is 0. The molecule has 2 rings (SSSR count).